The monoisotopic (exact) mass is 372 g/mol. The number of carbonyl (C=O) groups is 1. The van der Waals surface area contributed by atoms with E-state index < -0.39 is 0 Å². The van der Waals surface area contributed by atoms with Gasteiger partial charge in [-0.3, -0.25) is 4.79 Å². The third-order valence-corrected chi connectivity index (χ3v) is 6.41. The Balaban J connectivity index is 1.47. The maximum absolute atomic E-state index is 12.4. The number of carbonyl (C=O) groups excluding carboxylic acids is 1. The van der Waals surface area contributed by atoms with Gasteiger partial charge in [0, 0.05) is 23.5 Å². The van der Waals surface area contributed by atoms with Crippen molar-refractivity contribution in [2.24, 2.45) is 0 Å². The summed E-state index contributed by atoms with van der Waals surface area (Å²) in [6, 6.07) is 7.90. The minimum absolute atomic E-state index is 0.121. The van der Waals surface area contributed by atoms with Gasteiger partial charge < -0.3 is 19.4 Å². The zero-order valence-corrected chi connectivity index (χ0v) is 16.2. The molecule has 1 aliphatic carbocycles. The molecule has 1 amide bonds. The van der Waals surface area contributed by atoms with Crippen LogP contribution in [-0.2, 0) is 4.79 Å². The van der Waals surface area contributed by atoms with Crippen molar-refractivity contribution in [1.29, 1.82) is 0 Å². The summed E-state index contributed by atoms with van der Waals surface area (Å²) in [5, 5.41) is 4.13. The molecule has 26 heavy (non-hydrogen) atoms. The third kappa shape index (κ3) is 2.86. The lowest BCUT2D eigenvalue weighted by Gasteiger charge is -2.48. The summed E-state index contributed by atoms with van der Waals surface area (Å²) >= 11 is 1.77. The molecule has 0 radical (unpaired) electrons. The minimum Gasteiger partial charge on any atom is -0.488 e. The van der Waals surface area contributed by atoms with Crippen molar-refractivity contribution in [1.82, 2.24) is 10.2 Å². The van der Waals surface area contributed by atoms with Crippen LogP contribution >= 0.6 is 11.8 Å². The number of rotatable bonds is 5. The number of furan rings is 1. The van der Waals surface area contributed by atoms with Gasteiger partial charge in [-0.1, -0.05) is 0 Å². The Hall–Kier alpha value is -2.08. The van der Waals surface area contributed by atoms with Crippen LogP contribution in [0.3, 0.4) is 0 Å². The second-order valence-electron chi connectivity index (χ2n) is 7.03. The molecule has 138 valence electrons. The smallest absolute Gasteiger partial charge is 0.245 e. The van der Waals surface area contributed by atoms with Crippen LogP contribution in [0.1, 0.15) is 31.9 Å². The van der Waals surface area contributed by atoms with Gasteiger partial charge in [0.05, 0.1) is 5.37 Å². The fraction of sp³-hybridized carbons (Fsp3) is 0.450. The lowest BCUT2D eigenvalue weighted by Crippen LogP contribution is -2.61. The Bertz CT molecular complexity index is 869. The zero-order chi connectivity index (χ0) is 18.3. The summed E-state index contributed by atoms with van der Waals surface area (Å²) in [4.78, 5) is 15.8. The molecule has 1 aromatic heterocycles. The lowest BCUT2D eigenvalue weighted by atomic mass is 9.74. The number of likely N-dealkylation sites (N-methyl/N-ethyl adjacent to an activating group) is 1. The van der Waals surface area contributed by atoms with Crippen LogP contribution < -0.4 is 10.1 Å². The van der Waals surface area contributed by atoms with Gasteiger partial charge >= 0.3 is 0 Å². The summed E-state index contributed by atoms with van der Waals surface area (Å²) in [6.07, 6.45) is 5.05. The first-order valence-corrected chi connectivity index (χ1v) is 9.91. The molecule has 0 bridgehead atoms. The Kier molecular flexibility index (Phi) is 4.39. The number of amides is 1. The van der Waals surface area contributed by atoms with Gasteiger partial charge in [0.1, 0.15) is 29.2 Å². The number of aryl methyl sites for hydroxylation is 1. The van der Waals surface area contributed by atoms with Crippen molar-refractivity contribution in [3.05, 3.63) is 41.1 Å². The Morgan fingerprint density at radius 2 is 2.23 bits per heavy atom. The molecule has 0 spiro atoms. The number of ether oxygens (including phenoxy) is 1. The number of nitrogens with zero attached hydrogens (tertiary/aromatic N) is 1. The first-order valence-electron chi connectivity index (χ1n) is 9.03. The van der Waals surface area contributed by atoms with Gasteiger partial charge in [0.15, 0.2) is 0 Å². The number of fused-ring (bicyclic) bond motifs is 1. The first-order chi connectivity index (χ1) is 12.5. The third-order valence-electron chi connectivity index (χ3n) is 5.31. The standard InChI is InChI=1S/C20H24N2O3S/c1-13-9-15-10-16(5-6-18(15)25-13)24-12-17-11-22(14(2)26-17)20(7-4-8-20)19(23)21-3/h5-6,9-11,14H,4,7-8,12H2,1-3H3,(H,21,23). The molecule has 4 rings (SSSR count). The highest BCUT2D eigenvalue weighted by Crippen LogP contribution is 2.46. The van der Waals surface area contributed by atoms with Crippen molar-refractivity contribution in [3.63, 3.8) is 0 Å². The molecule has 2 heterocycles. The lowest BCUT2D eigenvalue weighted by molar-refractivity contribution is -0.137. The largest absolute Gasteiger partial charge is 0.488 e. The molecule has 1 aromatic carbocycles. The fourth-order valence-electron chi connectivity index (χ4n) is 3.85. The highest BCUT2D eigenvalue weighted by Gasteiger charge is 2.50. The number of hydrogen-bond acceptors (Lipinski definition) is 5. The molecule has 5 nitrogen and oxygen atoms in total. The van der Waals surface area contributed by atoms with Gasteiger partial charge in [0.2, 0.25) is 5.91 Å². The first kappa shape index (κ1) is 17.3. The predicted molar refractivity (Wildman–Crippen MR) is 104 cm³/mol. The average Bonchev–Trinajstić information content (AvgIpc) is 3.13. The van der Waals surface area contributed by atoms with Crippen molar-refractivity contribution in [2.45, 2.75) is 44.0 Å². The predicted octanol–water partition coefficient (Wildman–Crippen LogP) is 4.02. The Morgan fingerprint density at radius 3 is 2.92 bits per heavy atom. The molecule has 0 saturated heterocycles. The van der Waals surface area contributed by atoms with E-state index in [1.807, 2.05) is 31.2 Å². The van der Waals surface area contributed by atoms with Gasteiger partial charge in [-0.05, 0) is 57.4 Å². The summed E-state index contributed by atoms with van der Waals surface area (Å²) in [5.74, 6) is 1.85. The molecule has 1 N–H and O–H groups in total. The molecule has 1 atom stereocenters. The van der Waals surface area contributed by atoms with Gasteiger partial charge in [0.25, 0.3) is 0 Å². The summed E-state index contributed by atoms with van der Waals surface area (Å²) < 4.78 is 11.6. The highest BCUT2D eigenvalue weighted by atomic mass is 32.2. The summed E-state index contributed by atoms with van der Waals surface area (Å²) in [5.41, 5.74) is 0.498. The van der Waals surface area contributed by atoms with Crippen molar-refractivity contribution >= 4 is 28.6 Å². The molecular formula is C20H24N2O3S. The van der Waals surface area contributed by atoms with Crippen molar-refractivity contribution < 1.29 is 13.9 Å². The van der Waals surface area contributed by atoms with Crippen LogP contribution in [0.25, 0.3) is 11.0 Å². The normalized spacial score (nSPS) is 21.4. The van der Waals surface area contributed by atoms with E-state index in [9.17, 15) is 4.79 Å². The number of hydrogen-bond donors (Lipinski definition) is 1. The maximum atomic E-state index is 12.4. The van der Waals surface area contributed by atoms with E-state index >= 15 is 0 Å². The van der Waals surface area contributed by atoms with E-state index in [1.54, 1.807) is 18.8 Å². The maximum Gasteiger partial charge on any atom is 0.245 e. The number of thioether (sulfide) groups is 1. The average molecular weight is 372 g/mol. The van der Waals surface area contributed by atoms with Crippen LogP contribution in [0.15, 0.2) is 39.8 Å². The molecule has 1 unspecified atom stereocenters. The molecule has 1 fully saturated rings. The van der Waals surface area contributed by atoms with Gasteiger partial charge in [-0.15, -0.1) is 11.8 Å². The van der Waals surface area contributed by atoms with Crippen LogP contribution in [0.2, 0.25) is 0 Å². The topological polar surface area (TPSA) is 54.7 Å². The summed E-state index contributed by atoms with van der Waals surface area (Å²) in [7, 11) is 1.72. The van der Waals surface area contributed by atoms with Crippen molar-refractivity contribution in [3.8, 4) is 5.75 Å². The van der Waals surface area contributed by atoms with Crippen LogP contribution in [0, 0.1) is 6.92 Å². The second kappa shape index (κ2) is 6.58. The quantitative estimate of drug-likeness (QED) is 0.859. The molecule has 2 aromatic rings. The number of nitrogens with one attached hydrogen (secondary N) is 1. The van der Waals surface area contributed by atoms with Crippen LogP contribution in [0.4, 0.5) is 0 Å². The molecule has 2 aliphatic rings. The van der Waals surface area contributed by atoms with E-state index in [1.165, 1.54) is 0 Å². The molecule has 1 aliphatic heterocycles. The minimum atomic E-state index is -0.379. The van der Waals surface area contributed by atoms with Gasteiger partial charge in [-0.2, -0.15) is 0 Å². The number of benzene rings is 1. The Morgan fingerprint density at radius 1 is 1.42 bits per heavy atom. The summed E-state index contributed by atoms with van der Waals surface area (Å²) in [6.45, 7) is 4.61. The molecule has 6 heteroatoms. The highest BCUT2D eigenvalue weighted by molar-refractivity contribution is 8.03. The van der Waals surface area contributed by atoms with E-state index in [4.69, 9.17) is 9.15 Å². The van der Waals surface area contributed by atoms with Gasteiger partial charge in [-0.25, -0.2) is 0 Å². The second-order valence-corrected chi connectivity index (χ2v) is 8.47. The van der Waals surface area contributed by atoms with E-state index in [-0.39, 0.29) is 16.8 Å². The SMILES string of the molecule is CNC(=O)C1(N2C=C(COc3ccc4oc(C)cc4c3)SC2C)CCC1. The van der Waals surface area contributed by atoms with Crippen LogP contribution in [-0.4, -0.2) is 35.4 Å². The van der Waals surface area contributed by atoms with Crippen LogP contribution in [0.5, 0.6) is 5.75 Å². The van der Waals surface area contributed by atoms with E-state index in [0.29, 0.717) is 6.61 Å². The molecular weight excluding hydrogens is 348 g/mol. The Labute approximate surface area is 157 Å². The fourth-order valence-corrected chi connectivity index (χ4v) is 4.97. The zero-order valence-electron chi connectivity index (χ0n) is 15.4. The van der Waals surface area contributed by atoms with E-state index in [2.05, 4.69) is 23.3 Å². The van der Waals surface area contributed by atoms with E-state index in [0.717, 1.165) is 46.6 Å². The van der Waals surface area contributed by atoms with Crippen molar-refractivity contribution in [2.75, 3.05) is 13.7 Å². The molecule has 1 saturated carbocycles.